The van der Waals surface area contributed by atoms with Crippen molar-refractivity contribution in [3.05, 3.63) is 0 Å². The highest BCUT2D eigenvalue weighted by Gasteiger charge is 2.37. The minimum absolute atomic E-state index is 0.110. The third kappa shape index (κ3) is 3.25. The molecule has 18 heavy (non-hydrogen) atoms. The summed E-state index contributed by atoms with van der Waals surface area (Å²) in [7, 11) is 1.96. The maximum Gasteiger partial charge on any atom is 0.222 e. The zero-order valence-electron chi connectivity index (χ0n) is 12.0. The molecule has 0 radical (unpaired) electrons. The standard InChI is InChI=1S/C15H28N2O/c1-12-8-13(12)10-17(2)14(18)9-15(11-16)6-4-3-5-7-15/h12-13H,3-11,16H2,1-2H3. The Bertz CT molecular complexity index is 297. The smallest absolute Gasteiger partial charge is 0.222 e. The predicted molar refractivity (Wildman–Crippen MR) is 74.1 cm³/mol. The Labute approximate surface area is 111 Å². The summed E-state index contributed by atoms with van der Waals surface area (Å²) < 4.78 is 0. The molecule has 0 heterocycles. The van der Waals surface area contributed by atoms with Crippen LogP contribution in [-0.4, -0.2) is 30.9 Å². The molecule has 2 aliphatic rings. The molecule has 0 bridgehead atoms. The summed E-state index contributed by atoms with van der Waals surface area (Å²) in [6.45, 7) is 3.89. The average molecular weight is 252 g/mol. The topological polar surface area (TPSA) is 46.3 Å². The molecule has 2 aliphatic carbocycles. The van der Waals surface area contributed by atoms with Crippen LogP contribution in [0.5, 0.6) is 0 Å². The lowest BCUT2D eigenvalue weighted by atomic mass is 9.71. The molecule has 0 aliphatic heterocycles. The van der Waals surface area contributed by atoms with E-state index in [-0.39, 0.29) is 5.41 Å². The van der Waals surface area contributed by atoms with Gasteiger partial charge in [-0.25, -0.2) is 0 Å². The van der Waals surface area contributed by atoms with Gasteiger partial charge in [0.05, 0.1) is 0 Å². The molecule has 1 amide bonds. The Balaban J connectivity index is 1.84. The van der Waals surface area contributed by atoms with E-state index in [4.69, 9.17) is 5.73 Å². The van der Waals surface area contributed by atoms with Crippen molar-refractivity contribution in [3.8, 4) is 0 Å². The summed E-state index contributed by atoms with van der Waals surface area (Å²) in [4.78, 5) is 14.3. The van der Waals surface area contributed by atoms with Gasteiger partial charge in [-0.3, -0.25) is 4.79 Å². The number of carbonyl (C=O) groups excluding carboxylic acids is 1. The van der Waals surface area contributed by atoms with Crippen molar-refractivity contribution >= 4 is 5.91 Å². The summed E-state index contributed by atoms with van der Waals surface area (Å²) in [5, 5.41) is 0. The van der Waals surface area contributed by atoms with Crippen molar-refractivity contribution in [2.45, 2.75) is 51.9 Å². The van der Waals surface area contributed by atoms with E-state index in [1.165, 1.54) is 25.7 Å². The first kappa shape index (κ1) is 13.9. The number of amides is 1. The summed E-state index contributed by atoms with van der Waals surface area (Å²) in [5.41, 5.74) is 6.06. The highest BCUT2D eigenvalue weighted by molar-refractivity contribution is 5.76. The minimum atomic E-state index is 0.110. The molecule has 0 aromatic carbocycles. The molecule has 2 atom stereocenters. The van der Waals surface area contributed by atoms with Gasteiger partial charge in [-0.2, -0.15) is 0 Å². The van der Waals surface area contributed by atoms with Gasteiger partial charge in [-0.1, -0.05) is 26.2 Å². The molecule has 0 aromatic rings. The Kier molecular flexibility index (Phi) is 4.31. The second kappa shape index (κ2) is 5.60. The van der Waals surface area contributed by atoms with Gasteiger partial charge in [0.2, 0.25) is 5.91 Å². The van der Waals surface area contributed by atoms with Crippen LogP contribution < -0.4 is 5.73 Å². The van der Waals surface area contributed by atoms with Gasteiger partial charge < -0.3 is 10.6 Å². The lowest BCUT2D eigenvalue weighted by Crippen LogP contribution is -2.39. The maximum atomic E-state index is 12.3. The summed E-state index contributed by atoms with van der Waals surface area (Å²) in [6, 6.07) is 0. The Morgan fingerprint density at radius 1 is 1.33 bits per heavy atom. The van der Waals surface area contributed by atoms with Crippen LogP contribution >= 0.6 is 0 Å². The normalized spacial score (nSPS) is 29.9. The van der Waals surface area contributed by atoms with Crippen LogP contribution in [0.3, 0.4) is 0 Å². The number of nitrogens with two attached hydrogens (primary N) is 1. The number of carbonyl (C=O) groups is 1. The Morgan fingerprint density at radius 2 is 1.94 bits per heavy atom. The molecular formula is C15H28N2O. The molecule has 3 nitrogen and oxygen atoms in total. The van der Waals surface area contributed by atoms with Crippen LogP contribution in [0, 0.1) is 17.3 Å². The molecule has 3 heteroatoms. The van der Waals surface area contributed by atoms with E-state index in [9.17, 15) is 4.79 Å². The van der Waals surface area contributed by atoms with Crippen LogP contribution in [0.15, 0.2) is 0 Å². The van der Waals surface area contributed by atoms with Crippen molar-refractivity contribution in [2.75, 3.05) is 20.1 Å². The third-order valence-electron chi connectivity index (χ3n) is 5.08. The van der Waals surface area contributed by atoms with Gasteiger partial charge in [0.15, 0.2) is 0 Å². The van der Waals surface area contributed by atoms with E-state index in [1.54, 1.807) is 0 Å². The quantitative estimate of drug-likeness (QED) is 0.816. The van der Waals surface area contributed by atoms with E-state index in [1.807, 2.05) is 11.9 Å². The van der Waals surface area contributed by atoms with E-state index in [2.05, 4.69) is 6.92 Å². The molecule has 2 N–H and O–H groups in total. The fourth-order valence-corrected chi connectivity index (χ4v) is 3.32. The van der Waals surface area contributed by atoms with E-state index in [0.29, 0.717) is 18.9 Å². The van der Waals surface area contributed by atoms with Crippen molar-refractivity contribution in [1.29, 1.82) is 0 Å². The van der Waals surface area contributed by atoms with E-state index >= 15 is 0 Å². The molecule has 2 unspecified atom stereocenters. The fourth-order valence-electron chi connectivity index (χ4n) is 3.32. The van der Waals surface area contributed by atoms with Crippen LogP contribution in [0.4, 0.5) is 0 Å². The molecular weight excluding hydrogens is 224 g/mol. The Hall–Kier alpha value is -0.570. The molecule has 2 fully saturated rings. The first-order valence-electron chi connectivity index (χ1n) is 7.50. The molecule has 0 saturated heterocycles. The number of nitrogens with zero attached hydrogens (tertiary/aromatic N) is 1. The first-order valence-corrected chi connectivity index (χ1v) is 7.50. The number of rotatable bonds is 5. The van der Waals surface area contributed by atoms with Crippen molar-refractivity contribution in [2.24, 2.45) is 23.0 Å². The largest absolute Gasteiger partial charge is 0.345 e. The van der Waals surface area contributed by atoms with Gasteiger partial charge >= 0.3 is 0 Å². The van der Waals surface area contributed by atoms with Crippen LogP contribution in [0.25, 0.3) is 0 Å². The molecule has 0 aromatic heterocycles. The second-order valence-corrected chi connectivity index (χ2v) is 6.69. The van der Waals surface area contributed by atoms with Crippen LogP contribution in [-0.2, 0) is 4.79 Å². The highest BCUT2D eigenvalue weighted by atomic mass is 16.2. The molecule has 104 valence electrons. The Morgan fingerprint density at radius 3 is 2.44 bits per heavy atom. The number of hydrogen-bond donors (Lipinski definition) is 1. The third-order valence-corrected chi connectivity index (χ3v) is 5.08. The lowest BCUT2D eigenvalue weighted by Gasteiger charge is -2.36. The monoisotopic (exact) mass is 252 g/mol. The molecule has 0 spiro atoms. The molecule has 2 saturated carbocycles. The summed E-state index contributed by atoms with van der Waals surface area (Å²) in [5.74, 6) is 1.87. The van der Waals surface area contributed by atoms with Crippen molar-refractivity contribution in [1.82, 2.24) is 4.90 Å². The lowest BCUT2D eigenvalue weighted by molar-refractivity contribution is -0.133. The summed E-state index contributed by atoms with van der Waals surface area (Å²) in [6.07, 6.45) is 8.04. The SMILES string of the molecule is CC1CC1CN(C)C(=O)CC1(CN)CCCCC1. The molecule has 2 rings (SSSR count). The van der Waals surface area contributed by atoms with Crippen molar-refractivity contribution < 1.29 is 4.79 Å². The van der Waals surface area contributed by atoms with Crippen molar-refractivity contribution in [3.63, 3.8) is 0 Å². The van der Waals surface area contributed by atoms with E-state index in [0.717, 1.165) is 31.2 Å². The van der Waals surface area contributed by atoms with Crippen LogP contribution in [0.1, 0.15) is 51.9 Å². The fraction of sp³-hybridized carbons (Fsp3) is 0.933. The first-order chi connectivity index (χ1) is 8.56. The predicted octanol–water partition coefficient (Wildman–Crippen LogP) is 2.40. The number of hydrogen-bond acceptors (Lipinski definition) is 2. The highest BCUT2D eigenvalue weighted by Crippen LogP contribution is 2.40. The minimum Gasteiger partial charge on any atom is -0.345 e. The second-order valence-electron chi connectivity index (χ2n) is 6.69. The van der Waals surface area contributed by atoms with Gasteiger partial charge in [0.1, 0.15) is 0 Å². The van der Waals surface area contributed by atoms with Gasteiger partial charge in [0, 0.05) is 20.0 Å². The van der Waals surface area contributed by atoms with Gasteiger partial charge in [-0.05, 0) is 43.1 Å². The average Bonchev–Trinajstić information content (AvgIpc) is 3.06. The zero-order valence-corrected chi connectivity index (χ0v) is 12.0. The van der Waals surface area contributed by atoms with Gasteiger partial charge in [0.25, 0.3) is 0 Å². The van der Waals surface area contributed by atoms with Crippen LogP contribution in [0.2, 0.25) is 0 Å². The maximum absolute atomic E-state index is 12.3. The van der Waals surface area contributed by atoms with Gasteiger partial charge in [-0.15, -0.1) is 0 Å². The van der Waals surface area contributed by atoms with E-state index < -0.39 is 0 Å². The summed E-state index contributed by atoms with van der Waals surface area (Å²) >= 11 is 0. The zero-order chi connectivity index (χ0) is 13.2.